The molecule has 1 atom stereocenters. The minimum Gasteiger partial charge on any atom is -0.473 e. The molecule has 0 saturated heterocycles. The maximum Gasteiger partial charge on any atom is 0.251 e. The van der Waals surface area contributed by atoms with Gasteiger partial charge in [-0.05, 0) is 39.9 Å². The van der Waals surface area contributed by atoms with E-state index in [1.807, 2.05) is 27.1 Å². The normalized spacial score (nSPS) is 12.0. The van der Waals surface area contributed by atoms with Crippen LogP contribution in [0.25, 0.3) is 0 Å². The quantitative estimate of drug-likeness (QED) is 0.708. The standard InChI is InChI=1S/C16H25N3O2/c1-5-7-8-14(12-19(3)4)21-15-11-13(9-10-18-15)16(20)17-6-2/h5,9-11,14H,1,6-8,12H2,2-4H3,(H,17,20)/t14-/m0/s1. The fraction of sp³-hybridized carbons (Fsp3) is 0.500. The van der Waals surface area contributed by atoms with Crippen LogP contribution < -0.4 is 10.1 Å². The summed E-state index contributed by atoms with van der Waals surface area (Å²) in [4.78, 5) is 18.1. The van der Waals surface area contributed by atoms with E-state index in [1.165, 1.54) is 0 Å². The molecule has 1 aromatic rings. The molecular formula is C16H25N3O2. The molecule has 1 amide bonds. The summed E-state index contributed by atoms with van der Waals surface area (Å²) in [6.07, 6.45) is 5.25. The Kier molecular flexibility index (Phi) is 7.46. The number of nitrogens with zero attached hydrogens (tertiary/aromatic N) is 2. The van der Waals surface area contributed by atoms with Gasteiger partial charge < -0.3 is 15.0 Å². The summed E-state index contributed by atoms with van der Waals surface area (Å²) in [5.41, 5.74) is 0.564. The molecule has 0 aliphatic carbocycles. The summed E-state index contributed by atoms with van der Waals surface area (Å²) in [6, 6.07) is 3.37. The molecule has 1 heterocycles. The first-order valence-electron chi connectivity index (χ1n) is 7.23. The van der Waals surface area contributed by atoms with Crippen molar-refractivity contribution >= 4 is 5.91 Å². The van der Waals surface area contributed by atoms with Gasteiger partial charge in [0.05, 0.1) is 0 Å². The lowest BCUT2D eigenvalue weighted by Crippen LogP contribution is -2.31. The van der Waals surface area contributed by atoms with Gasteiger partial charge >= 0.3 is 0 Å². The highest BCUT2D eigenvalue weighted by Crippen LogP contribution is 2.14. The van der Waals surface area contributed by atoms with Crippen LogP contribution in [0.2, 0.25) is 0 Å². The molecule has 1 N–H and O–H groups in total. The third-order valence-corrected chi connectivity index (χ3v) is 2.88. The molecule has 0 spiro atoms. The third kappa shape index (κ3) is 6.40. The van der Waals surface area contributed by atoms with Crippen molar-refractivity contribution in [2.75, 3.05) is 27.2 Å². The monoisotopic (exact) mass is 291 g/mol. The molecule has 21 heavy (non-hydrogen) atoms. The molecule has 0 bridgehead atoms. The molecule has 1 aromatic heterocycles. The van der Waals surface area contributed by atoms with Gasteiger partial charge in [0, 0.05) is 30.9 Å². The van der Waals surface area contributed by atoms with E-state index in [2.05, 4.69) is 21.8 Å². The van der Waals surface area contributed by atoms with Crippen molar-refractivity contribution in [3.05, 3.63) is 36.5 Å². The van der Waals surface area contributed by atoms with Crippen LogP contribution in [0.5, 0.6) is 5.88 Å². The lowest BCUT2D eigenvalue weighted by atomic mass is 10.2. The number of rotatable bonds is 9. The average Bonchev–Trinajstić information content (AvgIpc) is 2.44. The zero-order valence-electron chi connectivity index (χ0n) is 13.1. The number of allylic oxidation sites excluding steroid dienone is 1. The number of amides is 1. The van der Waals surface area contributed by atoms with Gasteiger partial charge in [-0.25, -0.2) is 4.98 Å². The van der Waals surface area contributed by atoms with Crippen LogP contribution in [0.3, 0.4) is 0 Å². The van der Waals surface area contributed by atoms with Crippen LogP contribution in [0.15, 0.2) is 31.0 Å². The molecule has 0 aliphatic rings. The Hall–Kier alpha value is -1.88. The zero-order valence-corrected chi connectivity index (χ0v) is 13.1. The Morgan fingerprint density at radius 2 is 2.33 bits per heavy atom. The van der Waals surface area contributed by atoms with Gasteiger partial charge in [0.15, 0.2) is 0 Å². The first-order valence-corrected chi connectivity index (χ1v) is 7.23. The third-order valence-electron chi connectivity index (χ3n) is 2.88. The Labute approximate surface area is 127 Å². The molecule has 1 rings (SSSR count). The van der Waals surface area contributed by atoms with E-state index in [0.717, 1.165) is 19.4 Å². The summed E-state index contributed by atoms with van der Waals surface area (Å²) in [5, 5.41) is 2.77. The van der Waals surface area contributed by atoms with Crippen molar-refractivity contribution in [1.29, 1.82) is 0 Å². The van der Waals surface area contributed by atoms with Gasteiger partial charge in [-0.3, -0.25) is 4.79 Å². The van der Waals surface area contributed by atoms with Crippen LogP contribution >= 0.6 is 0 Å². The molecule has 5 nitrogen and oxygen atoms in total. The Morgan fingerprint density at radius 1 is 1.57 bits per heavy atom. The van der Waals surface area contributed by atoms with E-state index < -0.39 is 0 Å². The van der Waals surface area contributed by atoms with Gasteiger partial charge in [0.25, 0.3) is 5.91 Å². The maximum atomic E-state index is 11.8. The van der Waals surface area contributed by atoms with Crippen molar-refractivity contribution in [3.8, 4) is 5.88 Å². The van der Waals surface area contributed by atoms with Crippen molar-refractivity contribution in [1.82, 2.24) is 15.2 Å². The van der Waals surface area contributed by atoms with Crippen LogP contribution in [-0.4, -0.2) is 49.1 Å². The summed E-state index contributed by atoms with van der Waals surface area (Å²) >= 11 is 0. The molecule has 0 fully saturated rings. The fourth-order valence-corrected chi connectivity index (χ4v) is 1.95. The summed E-state index contributed by atoms with van der Waals surface area (Å²) < 4.78 is 5.92. The number of pyridine rings is 1. The summed E-state index contributed by atoms with van der Waals surface area (Å²) in [7, 11) is 4.01. The first kappa shape index (κ1) is 17.2. The predicted octanol–water partition coefficient (Wildman–Crippen LogP) is 2.11. The van der Waals surface area contributed by atoms with Crippen LogP contribution in [0, 0.1) is 0 Å². The van der Waals surface area contributed by atoms with Crippen LogP contribution in [-0.2, 0) is 0 Å². The predicted molar refractivity (Wildman–Crippen MR) is 84.6 cm³/mol. The van der Waals surface area contributed by atoms with Crippen molar-refractivity contribution in [3.63, 3.8) is 0 Å². The van der Waals surface area contributed by atoms with Crippen molar-refractivity contribution in [2.45, 2.75) is 25.9 Å². The number of carbonyl (C=O) groups excluding carboxylic acids is 1. The van der Waals surface area contributed by atoms with E-state index in [9.17, 15) is 4.79 Å². The lowest BCUT2D eigenvalue weighted by molar-refractivity contribution is 0.0954. The molecule has 0 radical (unpaired) electrons. The number of likely N-dealkylation sites (N-methyl/N-ethyl adjacent to an activating group) is 1. The second-order valence-electron chi connectivity index (χ2n) is 5.11. The highest BCUT2D eigenvalue weighted by Gasteiger charge is 2.13. The molecule has 0 unspecified atom stereocenters. The zero-order chi connectivity index (χ0) is 15.7. The minimum absolute atomic E-state index is 0.0231. The van der Waals surface area contributed by atoms with E-state index in [4.69, 9.17) is 4.74 Å². The van der Waals surface area contributed by atoms with Crippen molar-refractivity contribution < 1.29 is 9.53 Å². The van der Waals surface area contributed by atoms with Crippen LogP contribution in [0.4, 0.5) is 0 Å². The molecule has 116 valence electrons. The SMILES string of the molecule is C=CCC[C@@H](CN(C)C)Oc1cc(C(=O)NCC)ccn1. The molecular weight excluding hydrogens is 266 g/mol. The minimum atomic E-state index is -0.111. The second kappa shape index (κ2) is 9.13. The molecule has 0 aliphatic heterocycles. The number of hydrogen-bond donors (Lipinski definition) is 1. The van der Waals surface area contributed by atoms with Crippen LogP contribution in [0.1, 0.15) is 30.1 Å². The highest BCUT2D eigenvalue weighted by molar-refractivity contribution is 5.94. The first-order chi connectivity index (χ1) is 10.1. The fourth-order valence-electron chi connectivity index (χ4n) is 1.95. The van der Waals surface area contributed by atoms with Gasteiger partial charge in [-0.15, -0.1) is 6.58 Å². The van der Waals surface area contributed by atoms with E-state index in [-0.39, 0.29) is 12.0 Å². The van der Waals surface area contributed by atoms with Crippen molar-refractivity contribution in [2.24, 2.45) is 0 Å². The van der Waals surface area contributed by atoms with Gasteiger partial charge in [0.1, 0.15) is 6.10 Å². The molecule has 5 heteroatoms. The van der Waals surface area contributed by atoms with E-state index in [1.54, 1.807) is 18.3 Å². The molecule has 0 saturated carbocycles. The number of hydrogen-bond acceptors (Lipinski definition) is 4. The molecule has 0 aromatic carbocycles. The Morgan fingerprint density at radius 3 is 2.95 bits per heavy atom. The number of ether oxygens (including phenoxy) is 1. The van der Waals surface area contributed by atoms with Gasteiger partial charge in [-0.1, -0.05) is 6.08 Å². The topological polar surface area (TPSA) is 54.5 Å². The summed E-state index contributed by atoms with van der Waals surface area (Å²) in [5.74, 6) is 0.370. The van der Waals surface area contributed by atoms with E-state index in [0.29, 0.717) is 18.0 Å². The second-order valence-corrected chi connectivity index (χ2v) is 5.11. The summed E-state index contributed by atoms with van der Waals surface area (Å²) in [6.45, 7) is 7.02. The lowest BCUT2D eigenvalue weighted by Gasteiger charge is -2.21. The smallest absolute Gasteiger partial charge is 0.251 e. The number of nitrogens with one attached hydrogen (secondary N) is 1. The van der Waals surface area contributed by atoms with E-state index >= 15 is 0 Å². The Balaban J connectivity index is 2.75. The Bertz CT molecular complexity index is 461. The number of aromatic nitrogens is 1. The van der Waals surface area contributed by atoms with Gasteiger partial charge in [0.2, 0.25) is 5.88 Å². The van der Waals surface area contributed by atoms with Gasteiger partial charge in [-0.2, -0.15) is 0 Å². The average molecular weight is 291 g/mol. The maximum absolute atomic E-state index is 11.8. The largest absolute Gasteiger partial charge is 0.473 e. The number of carbonyl (C=O) groups is 1. The highest BCUT2D eigenvalue weighted by atomic mass is 16.5.